The average Bonchev–Trinajstić information content (AvgIpc) is 3.15. The second-order valence-corrected chi connectivity index (χ2v) is 9.66. The maximum absolute atomic E-state index is 14.6. The van der Waals surface area contributed by atoms with Crippen molar-refractivity contribution in [2.45, 2.75) is 6.73 Å². The minimum Gasteiger partial charge on any atom is -0.421 e. The Balaban J connectivity index is 1.90. The Kier molecular flexibility index (Phi) is 6.58. The van der Waals surface area contributed by atoms with E-state index in [1.54, 1.807) is 0 Å². The predicted molar refractivity (Wildman–Crippen MR) is 118 cm³/mol. The Hall–Kier alpha value is -3.78. The lowest BCUT2D eigenvalue weighted by Gasteiger charge is -2.11. The van der Waals surface area contributed by atoms with Crippen LogP contribution in [-0.2, 0) is 16.6 Å². The average molecular weight is 511 g/mol. The lowest BCUT2D eigenvalue weighted by molar-refractivity contribution is 0.200. The van der Waals surface area contributed by atoms with Crippen LogP contribution in [0.25, 0.3) is 22.3 Å². The van der Waals surface area contributed by atoms with Crippen molar-refractivity contribution in [3.63, 3.8) is 0 Å². The van der Waals surface area contributed by atoms with Gasteiger partial charge in [0.2, 0.25) is 0 Å². The van der Waals surface area contributed by atoms with Gasteiger partial charge in [-0.3, -0.25) is 0 Å². The first kappa shape index (κ1) is 24.3. The van der Waals surface area contributed by atoms with Gasteiger partial charge in [-0.25, -0.2) is 30.7 Å². The first-order valence-corrected chi connectivity index (χ1v) is 12.0. The van der Waals surface area contributed by atoms with Gasteiger partial charge in [-0.2, -0.15) is 15.1 Å². The number of hydrogen-bond donors (Lipinski definition) is 2. The van der Waals surface area contributed by atoms with Crippen LogP contribution in [0.15, 0.2) is 36.4 Å². The quantitative estimate of drug-likeness (QED) is 0.346. The fraction of sp³-hybridized carbons (Fsp3) is 0.190. The Labute approximate surface area is 195 Å². The number of ether oxygens (including phenoxy) is 1. The normalized spacial score (nSPS) is 11.7. The first-order chi connectivity index (χ1) is 16.6. The minimum atomic E-state index is -3.38. The summed E-state index contributed by atoms with van der Waals surface area (Å²) in [7, 11) is -3.38. The number of halogens is 4. The molecule has 35 heavy (non-hydrogen) atoms. The molecule has 9 nitrogen and oxygen atoms in total. The summed E-state index contributed by atoms with van der Waals surface area (Å²) in [5, 5.41) is 16.7. The molecule has 0 atom stereocenters. The molecule has 0 amide bonds. The van der Waals surface area contributed by atoms with E-state index in [1.807, 2.05) is 0 Å². The largest absolute Gasteiger partial charge is 0.421 e. The molecule has 2 N–H and O–H groups in total. The molecule has 0 aliphatic heterocycles. The van der Waals surface area contributed by atoms with Crippen LogP contribution >= 0.6 is 0 Å². The highest BCUT2D eigenvalue weighted by atomic mass is 32.2. The van der Waals surface area contributed by atoms with E-state index in [0.717, 1.165) is 41.3 Å². The summed E-state index contributed by atoms with van der Waals surface area (Å²) in [5.41, 5.74) is -0.525. The standard InChI is InChI=1S/C21H17F4N5O4S/c1-35(32,33)7-6-26-19-17-18(13-8-11(22)2-4-14(13)24)29-30(10-31)20(17)28-21(27-19)34-16-5-3-12(23)9-15(16)25/h2-5,8-9,31H,6-7,10H2,1H3,(H,26,27,28). The molecule has 0 fully saturated rings. The molecule has 2 heterocycles. The summed E-state index contributed by atoms with van der Waals surface area (Å²) >= 11 is 0. The zero-order chi connectivity index (χ0) is 25.3. The highest BCUT2D eigenvalue weighted by Crippen LogP contribution is 2.35. The molecule has 2 aromatic carbocycles. The van der Waals surface area contributed by atoms with Crippen molar-refractivity contribution in [2.24, 2.45) is 0 Å². The third-order valence-electron chi connectivity index (χ3n) is 4.75. The van der Waals surface area contributed by atoms with Gasteiger partial charge < -0.3 is 15.2 Å². The summed E-state index contributed by atoms with van der Waals surface area (Å²) in [6.07, 6.45) is 1.02. The first-order valence-electron chi connectivity index (χ1n) is 9.95. The van der Waals surface area contributed by atoms with E-state index in [1.165, 1.54) is 0 Å². The molecule has 0 saturated carbocycles. The minimum absolute atomic E-state index is 0.0176. The van der Waals surface area contributed by atoms with Crippen molar-refractivity contribution in [3.8, 4) is 23.0 Å². The number of hydrogen-bond acceptors (Lipinski definition) is 8. The fourth-order valence-corrected chi connectivity index (χ4v) is 3.68. The highest BCUT2D eigenvalue weighted by Gasteiger charge is 2.23. The summed E-state index contributed by atoms with van der Waals surface area (Å²) in [6.45, 7) is -0.887. The van der Waals surface area contributed by atoms with Crippen LogP contribution in [0.2, 0.25) is 0 Å². The van der Waals surface area contributed by atoms with E-state index in [0.29, 0.717) is 6.07 Å². The van der Waals surface area contributed by atoms with E-state index in [-0.39, 0.29) is 40.4 Å². The number of sulfone groups is 1. The van der Waals surface area contributed by atoms with E-state index in [4.69, 9.17) is 4.74 Å². The molecule has 4 rings (SSSR count). The molecule has 0 bridgehead atoms. The molecule has 0 spiro atoms. The third kappa shape index (κ3) is 5.33. The number of rotatable bonds is 8. The fourth-order valence-electron chi connectivity index (χ4n) is 3.20. The Bertz CT molecular complexity index is 1530. The molecule has 4 aromatic rings. The van der Waals surface area contributed by atoms with Gasteiger partial charge in [0.25, 0.3) is 0 Å². The van der Waals surface area contributed by atoms with Gasteiger partial charge in [-0.15, -0.1) is 0 Å². The molecular weight excluding hydrogens is 494 g/mol. The molecule has 0 aliphatic rings. The highest BCUT2D eigenvalue weighted by molar-refractivity contribution is 7.90. The molecular formula is C21H17F4N5O4S. The van der Waals surface area contributed by atoms with E-state index in [2.05, 4.69) is 20.4 Å². The van der Waals surface area contributed by atoms with E-state index in [9.17, 15) is 31.1 Å². The van der Waals surface area contributed by atoms with Gasteiger partial charge in [0.1, 0.15) is 45.5 Å². The van der Waals surface area contributed by atoms with Crippen LogP contribution in [0.5, 0.6) is 11.8 Å². The van der Waals surface area contributed by atoms with Crippen LogP contribution in [-0.4, -0.2) is 51.8 Å². The van der Waals surface area contributed by atoms with E-state index >= 15 is 0 Å². The Morgan fingerprint density at radius 2 is 1.74 bits per heavy atom. The second kappa shape index (κ2) is 9.46. The van der Waals surface area contributed by atoms with Gasteiger partial charge in [-0.05, 0) is 30.3 Å². The zero-order valence-corrected chi connectivity index (χ0v) is 18.8. The number of aliphatic hydroxyl groups excluding tert-OH is 1. The zero-order valence-electron chi connectivity index (χ0n) is 18.0. The van der Waals surface area contributed by atoms with Crippen LogP contribution in [0, 0.1) is 23.3 Å². The maximum atomic E-state index is 14.6. The van der Waals surface area contributed by atoms with Crippen LogP contribution < -0.4 is 10.1 Å². The topological polar surface area (TPSA) is 119 Å². The summed E-state index contributed by atoms with van der Waals surface area (Å²) in [4.78, 5) is 8.21. The summed E-state index contributed by atoms with van der Waals surface area (Å²) < 4.78 is 85.2. The second-order valence-electron chi connectivity index (χ2n) is 7.40. The monoisotopic (exact) mass is 511 g/mol. The van der Waals surface area contributed by atoms with Gasteiger partial charge in [-0.1, -0.05) is 0 Å². The third-order valence-corrected chi connectivity index (χ3v) is 5.70. The van der Waals surface area contributed by atoms with Crippen LogP contribution in [0.3, 0.4) is 0 Å². The van der Waals surface area contributed by atoms with Crippen LogP contribution in [0.1, 0.15) is 0 Å². The van der Waals surface area contributed by atoms with Crippen molar-refractivity contribution < 1.29 is 35.8 Å². The maximum Gasteiger partial charge on any atom is 0.326 e. The van der Waals surface area contributed by atoms with Crippen molar-refractivity contribution in [2.75, 3.05) is 23.9 Å². The number of anilines is 1. The summed E-state index contributed by atoms with van der Waals surface area (Å²) in [6, 6.07) is 4.76. The number of fused-ring (bicyclic) bond motifs is 1. The Morgan fingerprint density at radius 3 is 2.43 bits per heavy atom. The molecule has 0 radical (unpaired) electrons. The lowest BCUT2D eigenvalue weighted by atomic mass is 10.1. The molecule has 14 heteroatoms. The van der Waals surface area contributed by atoms with Crippen molar-refractivity contribution in [3.05, 3.63) is 59.7 Å². The number of nitrogens with zero attached hydrogens (tertiary/aromatic N) is 4. The van der Waals surface area contributed by atoms with Crippen molar-refractivity contribution >= 4 is 26.7 Å². The van der Waals surface area contributed by atoms with Gasteiger partial charge >= 0.3 is 6.01 Å². The predicted octanol–water partition coefficient (Wildman–Crippen LogP) is 3.25. The molecule has 2 aromatic heterocycles. The van der Waals surface area contributed by atoms with Crippen LogP contribution in [0.4, 0.5) is 23.4 Å². The molecule has 0 saturated heterocycles. The van der Waals surface area contributed by atoms with Crippen molar-refractivity contribution in [1.82, 2.24) is 19.7 Å². The Morgan fingerprint density at radius 1 is 1.03 bits per heavy atom. The van der Waals surface area contributed by atoms with Crippen molar-refractivity contribution in [1.29, 1.82) is 0 Å². The smallest absolute Gasteiger partial charge is 0.326 e. The number of aliphatic hydroxyl groups is 1. The number of nitrogens with one attached hydrogen (secondary N) is 1. The summed E-state index contributed by atoms with van der Waals surface area (Å²) in [5.74, 6) is -4.29. The van der Waals surface area contributed by atoms with Gasteiger partial charge in [0, 0.05) is 24.4 Å². The van der Waals surface area contributed by atoms with E-state index < -0.39 is 51.6 Å². The molecule has 184 valence electrons. The lowest BCUT2D eigenvalue weighted by Crippen LogP contribution is -2.15. The van der Waals surface area contributed by atoms with Gasteiger partial charge in [0.05, 0.1) is 11.1 Å². The van der Waals surface area contributed by atoms with Gasteiger partial charge in [0.15, 0.2) is 17.2 Å². The molecule has 0 unspecified atom stereocenters. The number of aromatic nitrogens is 4. The SMILES string of the molecule is CS(=O)(=O)CCNc1nc(Oc2ccc(F)cc2F)nc2c1c(-c1cc(F)ccc1F)nn2CO. The molecule has 0 aliphatic carbocycles. The number of benzene rings is 2.